The molecule has 222 valence electrons. The van der Waals surface area contributed by atoms with Gasteiger partial charge in [0, 0.05) is 16.8 Å². The Kier molecular flexibility index (Phi) is 8.37. The van der Waals surface area contributed by atoms with Crippen molar-refractivity contribution in [2.75, 3.05) is 0 Å². The summed E-state index contributed by atoms with van der Waals surface area (Å²) in [7, 11) is 0. The molecule has 0 radical (unpaired) electrons. The van der Waals surface area contributed by atoms with E-state index in [-0.39, 0.29) is 15.8 Å². The molecule has 6 rings (SSSR count). The largest absolute Gasteiger partial charge is 0.492 e. The van der Waals surface area contributed by atoms with E-state index < -0.39 is 5.90 Å². The molecular weight excluding hydrogens is 622 g/mol. The summed E-state index contributed by atoms with van der Waals surface area (Å²) in [6, 6.07) is 26.7. The Morgan fingerprint density at radius 1 is 1.00 bits per heavy atom. The highest BCUT2D eigenvalue weighted by atomic mass is 35.5. The second kappa shape index (κ2) is 12.5. The number of nitriles is 1. The van der Waals surface area contributed by atoms with Crippen LogP contribution in [0.5, 0.6) is 0 Å². The van der Waals surface area contributed by atoms with Crippen LogP contribution >= 0.6 is 34.3 Å². The molecule has 0 saturated heterocycles. The Morgan fingerprint density at radius 3 is 2.42 bits per heavy atom. The van der Waals surface area contributed by atoms with Gasteiger partial charge in [0.2, 0.25) is 5.90 Å². The highest BCUT2D eigenvalue weighted by Gasteiger charge is 2.19. The van der Waals surface area contributed by atoms with Crippen LogP contribution in [0.3, 0.4) is 0 Å². The number of aliphatic hydroxyl groups is 1. The van der Waals surface area contributed by atoms with Crippen molar-refractivity contribution in [1.82, 2.24) is 14.3 Å². The summed E-state index contributed by atoms with van der Waals surface area (Å²) in [6.07, 6.45) is 3.66. The van der Waals surface area contributed by atoms with Crippen LogP contribution in [-0.2, 0) is 0 Å². The number of aromatic nitrogens is 3. The Labute approximate surface area is 272 Å². The third kappa shape index (κ3) is 5.79. The lowest BCUT2D eigenvalue weighted by atomic mass is 10.1. The van der Waals surface area contributed by atoms with Crippen molar-refractivity contribution in [3.05, 3.63) is 137 Å². The maximum atomic E-state index is 14.3. The molecule has 0 amide bonds. The van der Waals surface area contributed by atoms with Crippen molar-refractivity contribution < 1.29 is 5.11 Å². The summed E-state index contributed by atoms with van der Waals surface area (Å²) in [6.45, 7) is 5.58. The fraction of sp³-hybridized carbons (Fsp3) is 0.0857. The molecule has 0 saturated carbocycles. The number of nitrogens with zero attached hydrogens (tertiary/aromatic N) is 5. The number of aryl methyl sites for hydroxylation is 2. The second-order valence-electron chi connectivity index (χ2n) is 10.3. The fourth-order valence-electron chi connectivity index (χ4n) is 5.00. The number of thiazole rings is 1. The van der Waals surface area contributed by atoms with Crippen LogP contribution in [0.2, 0.25) is 5.02 Å². The van der Waals surface area contributed by atoms with Crippen molar-refractivity contribution >= 4 is 57.5 Å². The number of para-hydroxylation sites is 2. The molecule has 0 aliphatic heterocycles. The van der Waals surface area contributed by atoms with Crippen LogP contribution < -0.4 is 14.8 Å². The first-order valence-electron chi connectivity index (χ1n) is 13.9. The monoisotopic (exact) mass is 647 g/mol. The lowest BCUT2D eigenvalue weighted by Crippen LogP contribution is -2.32. The lowest BCUT2D eigenvalue weighted by molar-refractivity contribution is 0.561. The van der Waals surface area contributed by atoms with Crippen molar-refractivity contribution in [2.45, 2.75) is 20.8 Å². The highest BCUT2D eigenvalue weighted by Crippen LogP contribution is 2.29. The molecular formula is C35H26ClN5O2S2. The van der Waals surface area contributed by atoms with E-state index in [0.717, 1.165) is 44.3 Å². The molecule has 0 atom stereocenters. The van der Waals surface area contributed by atoms with Gasteiger partial charge in [0.1, 0.15) is 22.0 Å². The molecule has 10 heteroatoms. The summed E-state index contributed by atoms with van der Waals surface area (Å²) in [5.41, 5.74) is 5.25. The van der Waals surface area contributed by atoms with Crippen molar-refractivity contribution in [1.29, 1.82) is 5.26 Å². The molecule has 3 heterocycles. The van der Waals surface area contributed by atoms with Crippen LogP contribution in [0.15, 0.2) is 100 Å². The molecule has 0 aliphatic rings. The SMILES string of the molecule is Cc1cccc(C)c1N=C(O)/C(C#N)=c1\s/c(=C\c2cn(-c3ccccc3)nc2-c2cccs2)c(=O)n1-c1cccc(Cl)c1C. The van der Waals surface area contributed by atoms with Crippen molar-refractivity contribution in [3.8, 4) is 28.0 Å². The highest BCUT2D eigenvalue weighted by molar-refractivity contribution is 7.13. The molecule has 7 nitrogen and oxygen atoms in total. The van der Waals surface area contributed by atoms with Gasteiger partial charge < -0.3 is 5.11 Å². The van der Waals surface area contributed by atoms with Crippen molar-refractivity contribution in [3.63, 3.8) is 0 Å². The summed E-state index contributed by atoms with van der Waals surface area (Å²) in [4.78, 5) is 19.7. The number of thiophene rings is 1. The first kappa shape index (κ1) is 30.0. The third-order valence-corrected chi connectivity index (χ3v) is 9.69. The Hall–Kier alpha value is -5.01. The number of rotatable bonds is 6. The molecule has 1 N–H and O–H groups in total. The van der Waals surface area contributed by atoms with E-state index in [1.54, 1.807) is 40.3 Å². The van der Waals surface area contributed by atoms with Crippen LogP contribution in [0.1, 0.15) is 22.3 Å². The zero-order valence-electron chi connectivity index (χ0n) is 24.5. The van der Waals surface area contributed by atoms with Crippen LogP contribution in [0, 0.1) is 32.1 Å². The standard InChI is InChI=1S/C35H26ClN5O2S2/c1-21-10-7-11-22(2)31(21)38-33(42)26(19-37)35-41(28-15-8-14-27(36)23(28)3)34(43)30(45-35)18-24-20-40(25-12-5-4-6-13-25)39-32(24)29-16-9-17-44-29/h4-18,20H,1-3H3,(H,38,42)/b30-18-,35-26-. The minimum atomic E-state index is -0.479. The molecule has 0 aliphatic carbocycles. The van der Waals surface area contributed by atoms with Gasteiger partial charge in [0.05, 0.1) is 26.5 Å². The predicted octanol–water partition coefficient (Wildman–Crippen LogP) is 7.18. The van der Waals surface area contributed by atoms with Gasteiger partial charge in [0.15, 0.2) is 0 Å². The zero-order valence-corrected chi connectivity index (χ0v) is 26.9. The number of benzene rings is 3. The molecule has 0 bridgehead atoms. The number of hydrogen-bond acceptors (Lipinski definition) is 6. The summed E-state index contributed by atoms with van der Waals surface area (Å²) in [5.74, 6) is -0.479. The minimum absolute atomic E-state index is 0.128. The van der Waals surface area contributed by atoms with E-state index in [0.29, 0.717) is 26.5 Å². The number of aliphatic imine (C=N–C) groups is 1. The molecule has 6 aromatic rings. The maximum Gasteiger partial charge on any atom is 0.273 e. The average molecular weight is 648 g/mol. The van der Waals surface area contributed by atoms with Gasteiger partial charge in [-0.1, -0.05) is 60.1 Å². The summed E-state index contributed by atoms with van der Waals surface area (Å²) in [5, 5.41) is 29.0. The fourth-order valence-corrected chi connectivity index (χ4v) is 6.98. The van der Waals surface area contributed by atoms with E-state index in [1.807, 2.05) is 93.0 Å². The summed E-state index contributed by atoms with van der Waals surface area (Å²) >= 11 is 9.14. The van der Waals surface area contributed by atoms with Gasteiger partial charge in [-0.3, -0.25) is 9.36 Å². The Bertz CT molecular complexity index is 2290. The van der Waals surface area contributed by atoms with Gasteiger partial charge in [-0.05, 0) is 79.2 Å². The molecule has 3 aromatic carbocycles. The van der Waals surface area contributed by atoms with E-state index in [4.69, 9.17) is 16.7 Å². The maximum absolute atomic E-state index is 14.3. The first-order chi connectivity index (χ1) is 21.8. The van der Waals surface area contributed by atoms with Gasteiger partial charge in [-0.15, -0.1) is 22.7 Å². The molecule has 0 unspecified atom stereocenters. The topological polar surface area (TPSA) is 96.2 Å². The predicted molar refractivity (Wildman–Crippen MR) is 184 cm³/mol. The van der Waals surface area contributed by atoms with E-state index in [9.17, 15) is 15.2 Å². The Balaban J connectivity index is 1.66. The van der Waals surface area contributed by atoms with Crippen molar-refractivity contribution in [2.24, 2.45) is 4.99 Å². The summed E-state index contributed by atoms with van der Waals surface area (Å²) < 4.78 is 3.80. The van der Waals surface area contributed by atoms with E-state index in [2.05, 4.69) is 11.1 Å². The third-order valence-electron chi connectivity index (χ3n) is 7.31. The molecule has 0 spiro atoms. The average Bonchev–Trinajstić information content (AvgIpc) is 3.78. The van der Waals surface area contributed by atoms with Crippen LogP contribution in [0.4, 0.5) is 5.69 Å². The van der Waals surface area contributed by atoms with Crippen LogP contribution in [0.25, 0.3) is 33.6 Å². The van der Waals surface area contributed by atoms with Gasteiger partial charge in [-0.25, -0.2) is 9.67 Å². The van der Waals surface area contributed by atoms with E-state index in [1.165, 1.54) is 4.57 Å². The van der Waals surface area contributed by atoms with Crippen LogP contribution in [-0.4, -0.2) is 25.4 Å². The quantitative estimate of drug-likeness (QED) is 0.153. The smallest absolute Gasteiger partial charge is 0.273 e. The molecule has 45 heavy (non-hydrogen) atoms. The normalized spacial score (nSPS) is 12.8. The molecule has 0 fully saturated rings. The van der Waals surface area contributed by atoms with E-state index >= 15 is 0 Å². The van der Waals surface area contributed by atoms with Gasteiger partial charge in [-0.2, -0.15) is 10.4 Å². The second-order valence-corrected chi connectivity index (χ2v) is 12.7. The number of hydrogen-bond donors (Lipinski definition) is 1. The Morgan fingerprint density at radius 2 is 1.73 bits per heavy atom. The molecule has 3 aromatic heterocycles. The van der Waals surface area contributed by atoms with Gasteiger partial charge >= 0.3 is 0 Å². The number of halogens is 1. The minimum Gasteiger partial charge on any atom is -0.492 e. The lowest BCUT2D eigenvalue weighted by Gasteiger charge is -2.09. The van der Waals surface area contributed by atoms with Gasteiger partial charge in [0.25, 0.3) is 5.56 Å². The number of aliphatic hydroxyl groups excluding tert-OH is 1. The zero-order chi connectivity index (χ0) is 31.7. The first-order valence-corrected chi connectivity index (χ1v) is 16.0.